The second-order valence-electron chi connectivity index (χ2n) is 6.77. The molecule has 5 nitrogen and oxygen atoms in total. The average Bonchev–Trinajstić information content (AvgIpc) is 2.75. The predicted octanol–water partition coefficient (Wildman–Crippen LogP) is 4.94. The first kappa shape index (κ1) is 20.4. The quantitative estimate of drug-likeness (QED) is 0.320. The Morgan fingerprint density at radius 2 is 1.76 bits per heavy atom. The van der Waals surface area contributed by atoms with Crippen molar-refractivity contribution >= 4 is 22.9 Å². The summed E-state index contributed by atoms with van der Waals surface area (Å²) < 4.78 is 11.4. The molecular weight excluding hydrogens is 364 g/mol. The monoisotopic (exact) mass is 390 g/mol. The molecule has 29 heavy (non-hydrogen) atoms. The van der Waals surface area contributed by atoms with Crippen LogP contribution in [0.15, 0.2) is 71.8 Å². The summed E-state index contributed by atoms with van der Waals surface area (Å²) in [5.74, 6) is 1.17. The summed E-state index contributed by atoms with van der Waals surface area (Å²) in [6.07, 6.45) is 3.07. The Morgan fingerprint density at radius 3 is 2.52 bits per heavy atom. The van der Waals surface area contributed by atoms with Gasteiger partial charge in [0.1, 0.15) is 11.5 Å². The number of hydrogen-bond acceptors (Lipinski definition) is 4. The van der Waals surface area contributed by atoms with Gasteiger partial charge in [0.2, 0.25) is 0 Å². The standard InChI is InChI=1S/C24H26N2O3/c1-3-4-15-28-22-12-9-19(10-13-22)17-25-26-24(27)18(2)29-23-14-11-20-7-5-6-8-21(20)16-23/h5-14,16-18H,3-4,15H2,1-2H3,(H,26,27)/b25-17-/t18-/m0/s1. The van der Waals surface area contributed by atoms with Crippen molar-refractivity contribution in [2.45, 2.75) is 32.8 Å². The van der Waals surface area contributed by atoms with Crippen LogP contribution in [0, 0.1) is 0 Å². The van der Waals surface area contributed by atoms with Gasteiger partial charge in [-0.05, 0) is 66.1 Å². The Balaban J connectivity index is 1.50. The normalized spacial score (nSPS) is 12.1. The van der Waals surface area contributed by atoms with Crippen LogP contribution in [-0.2, 0) is 4.79 Å². The van der Waals surface area contributed by atoms with Gasteiger partial charge in [0.15, 0.2) is 6.10 Å². The zero-order valence-electron chi connectivity index (χ0n) is 16.8. The van der Waals surface area contributed by atoms with E-state index in [2.05, 4.69) is 17.5 Å². The van der Waals surface area contributed by atoms with Crippen LogP contribution in [0.1, 0.15) is 32.3 Å². The van der Waals surface area contributed by atoms with Gasteiger partial charge in [0.05, 0.1) is 12.8 Å². The predicted molar refractivity (Wildman–Crippen MR) is 117 cm³/mol. The van der Waals surface area contributed by atoms with Crippen LogP contribution >= 0.6 is 0 Å². The lowest BCUT2D eigenvalue weighted by atomic mass is 10.1. The van der Waals surface area contributed by atoms with E-state index in [0.29, 0.717) is 5.75 Å². The fourth-order valence-electron chi connectivity index (χ4n) is 2.74. The highest BCUT2D eigenvalue weighted by Crippen LogP contribution is 2.21. The van der Waals surface area contributed by atoms with Crippen LogP contribution in [0.25, 0.3) is 10.8 Å². The van der Waals surface area contributed by atoms with E-state index in [1.54, 1.807) is 13.1 Å². The maximum atomic E-state index is 12.2. The van der Waals surface area contributed by atoms with E-state index in [1.165, 1.54) is 0 Å². The van der Waals surface area contributed by atoms with Crippen LogP contribution < -0.4 is 14.9 Å². The highest BCUT2D eigenvalue weighted by molar-refractivity contribution is 5.85. The molecule has 1 amide bonds. The van der Waals surface area contributed by atoms with Crippen molar-refractivity contribution < 1.29 is 14.3 Å². The molecule has 0 saturated heterocycles. The molecule has 0 aliphatic heterocycles. The number of ether oxygens (including phenoxy) is 2. The summed E-state index contributed by atoms with van der Waals surface area (Å²) in [5.41, 5.74) is 3.39. The van der Waals surface area contributed by atoms with Gasteiger partial charge in [-0.2, -0.15) is 5.10 Å². The Hall–Kier alpha value is -3.34. The summed E-state index contributed by atoms with van der Waals surface area (Å²) in [6.45, 7) is 4.54. The Labute approximate surface area is 171 Å². The number of unbranched alkanes of at least 4 members (excludes halogenated alkanes) is 1. The highest BCUT2D eigenvalue weighted by atomic mass is 16.5. The second kappa shape index (κ2) is 10.3. The first-order valence-corrected chi connectivity index (χ1v) is 9.87. The van der Waals surface area contributed by atoms with Crippen molar-refractivity contribution in [3.05, 3.63) is 72.3 Å². The second-order valence-corrected chi connectivity index (χ2v) is 6.77. The number of carbonyl (C=O) groups excluding carboxylic acids is 1. The number of rotatable bonds is 9. The SMILES string of the molecule is CCCCOc1ccc(/C=N\NC(=O)[C@H](C)Oc2ccc3ccccc3c2)cc1. The lowest BCUT2D eigenvalue weighted by Gasteiger charge is -2.13. The number of hydrazone groups is 1. The van der Waals surface area contributed by atoms with Gasteiger partial charge < -0.3 is 9.47 Å². The summed E-state index contributed by atoms with van der Waals surface area (Å²) >= 11 is 0. The van der Waals surface area contributed by atoms with Crippen molar-refractivity contribution in [3.8, 4) is 11.5 Å². The molecule has 5 heteroatoms. The summed E-state index contributed by atoms with van der Waals surface area (Å²) in [7, 11) is 0. The first-order chi connectivity index (χ1) is 14.2. The molecule has 0 bridgehead atoms. The Bertz CT molecular complexity index is 967. The van der Waals surface area contributed by atoms with Crippen molar-refractivity contribution in [1.82, 2.24) is 5.43 Å². The molecule has 3 aromatic rings. The lowest BCUT2D eigenvalue weighted by molar-refractivity contribution is -0.127. The van der Waals surface area contributed by atoms with Gasteiger partial charge in [-0.1, -0.05) is 43.7 Å². The molecule has 150 valence electrons. The molecule has 3 rings (SSSR count). The van der Waals surface area contributed by atoms with Crippen molar-refractivity contribution in [2.24, 2.45) is 5.10 Å². The van der Waals surface area contributed by atoms with E-state index < -0.39 is 6.10 Å². The van der Waals surface area contributed by atoms with Crippen molar-refractivity contribution in [1.29, 1.82) is 0 Å². The van der Waals surface area contributed by atoms with Crippen LogP contribution in [0.3, 0.4) is 0 Å². The molecule has 0 aliphatic carbocycles. The lowest BCUT2D eigenvalue weighted by Crippen LogP contribution is -2.33. The molecule has 0 radical (unpaired) electrons. The smallest absolute Gasteiger partial charge is 0.280 e. The summed E-state index contributed by atoms with van der Waals surface area (Å²) in [4.78, 5) is 12.2. The van der Waals surface area contributed by atoms with E-state index >= 15 is 0 Å². The molecule has 0 spiro atoms. The molecule has 1 atom stereocenters. The molecule has 0 fully saturated rings. The van der Waals surface area contributed by atoms with Crippen LogP contribution in [0.4, 0.5) is 0 Å². The van der Waals surface area contributed by atoms with Gasteiger partial charge in [-0.15, -0.1) is 0 Å². The van der Waals surface area contributed by atoms with Crippen molar-refractivity contribution in [3.63, 3.8) is 0 Å². The summed E-state index contributed by atoms with van der Waals surface area (Å²) in [5, 5.41) is 6.21. The highest BCUT2D eigenvalue weighted by Gasteiger charge is 2.14. The molecule has 0 saturated carbocycles. The molecule has 0 aliphatic rings. The van der Waals surface area contributed by atoms with Gasteiger partial charge in [-0.25, -0.2) is 5.43 Å². The molecular formula is C24H26N2O3. The third kappa shape index (κ3) is 6.07. The molecule has 0 aromatic heterocycles. The van der Waals surface area contributed by atoms with E-state index in [-0.39, 0.29) is 5.91 Å². The van der Waals surface area contributed by atoms with Gasteiger partial charge in [0.25, 0.3) is 5.91 Å². The minimum absolute atomic E-state index is 0.311. The van der Waals surface area contributed by atoms with E-state index in [1.807, 2.05) is 66.7 Å². The summed E-state index contributed by atoms with van der Waals surface area (Å²) in [6, 6.07) is 21.3. The maximum Gasteiger partial charge on any atom is 0.280 e. The fraction of sp³-hybridized carbons (Fsp3) is 0.250. The third-order valence-corrected chi connectivity index (χ3v) is 4.44. The number of nitrogens with one attached hydrogen (secondary N) is 1. The molecule has 0 heterocycles. The van der Waals surface area contributed by atoms with E-state index in [0.717, 1.165) is 41.5 Å². The molecule has 0 unspecified atom stereocenters. The zero-order valence-corrected chi connectivity index (χ0v) is 16.8. The maximum absolute atomic E-state index is 12.2. The largest absolute Gasteiger partial charge is 0.494 e. The van der Waals surface area contributed by atoms with Crippen LogP contribution in [-0.4, -0.2) is 24.8 Å². The Kier molecular flexibility index (Phi) is 7.22. The number of hydrogen-bond donors (Lipinski definition) is 1. The number of carbonyl (C=O) groups is 1. The number of nitrogens with zero attached hydrogens (tertiary/aromatic N) is 1. The fourth-order valence-corrected chi connectivity index (χ4v) is 2.74. The number of amides is 1. The average molecular weight is 390 g/mol. The molecule has 3 aromatic carbocycles. The Morgan fingerprint density at radius 1 is 1.03 bits per heavy atom. The van der Waals surface area contributed by atoms with E-state index in [9.17, 15) is 4.79 Å². The first-order valence-electron chi connectivity index (χ1n) is 9.87. The number of benzene rings is 3. The minimum atomic E-state index is -0.664. The topological polar surface area (TPSA) is 59.9 Å². The van der Waals surface area contributed by atoms with E-state index in [4.69, 9.17) is 9.47 Å². The van der Waals surface area contributed by atoms with Gasteiger partial charge in [-0.3, -0.25) is 4.79 Å². The minimum Gasteiger partial charge on any atom is -0.494 e. The molecule has 1 N–H and O–H groups in total. The number of fused-ring (bicyclic) bond motifs is 1. The van der Waals surface area contributed by atoms with Crippen molar-refractivity contribution in [2.75, 3.05) is 6.61 Å². The van der Waals surface area contributed by atoms with Gasteiger partial charge >= 0.3 is 0 Å². The third-order valence-electron chi connectivity index (χ3n) is 4.44. The zero-order chi connectivity index (χ0) is 20.5. The van der Waals surface area contributed by atoms with Crippen LogP contribution in [0.5, 0.6) is 11.5 Å². The van der Waals surface area contributed by atoms with Gasteiger partial charge in [0, 0.05) is 0 Å². The van der Waals surface area contributed by atoms with Crippen LogP contribution in [0.2, 0.25) is 0 Å².